The standard InChI is InChI=1S/C20H20F2N2O3.CH4/c1-13-19(17(26)8-2-3-11-25)24-10-5-9-18(20(24)23-13)27-12-14-15(21)6-4-7-16(14)22;/h4-7,9-10,25H,2-3,8,11-12H2,1H3;1H4. The Morgan fingerprint density at radius 2 is 1.89 bits per heavy atom. The van der Waals surface area contributed by atoms with E-state index in [2.05, 4.69) is 4.98 Å². The largest absolute Gasteiger partial charge is 0.485 e. The molecule has 0 amide bonds. The Bertz CT molecular complexity index is 949. The number of aliphatic hydroxyl groups excluding tert-OH is 1. The number of imidazole rings is 1. The molecule has 28 heavy (non-hydrogen) atoms. The normalized spacial score (nSPS) is 10.7. The molecule has 0 bridgehead atoms. The number of ether oxygens (including phenoxy) is 1. The van der Waals surface area contributed by atoms with Crippen molar-refractivity contribution in [2.45, 2.75) is 40.2 Å². The van der Waals surface area contributed by atoms with Crippen molar-refractivity contribution in [3.05, 3.63) is 65.1 Å². The second-order valence-corrected chi connectivity index (χ2v) is 6.20. The van der Waals surface area contributed by atoms with E-state index < -0.39 is 11.6 Å². The number of Topliss-reactive ketones (excluding diaryl/α,β-unsaturated/α-hetero) is 1. The Morgan fingerprint density at radius 1 is 1.18 bits per heavy atom. The highest BCUT2D eigenvalue weighted by Gasteiger charge is 2.19. The van der Waals surface area contributed by atoms with Crippen molar-refractivity contribution in [1.82, 2.24) is 9.38 Å². The van der Waals surface area contributed by atoms with Gasteiger partial charge in [0.25, 0.3) is 0 Å². The van der Waals surface area contributed by atoms with E-state index in [1.54, 1.807) is 29.7 Å². The zero-order chi connectivity index (χ0) is 19.4. The predicted molar refractivity (Wildman–Crippen MR) is 103 cm³/mol. The molecule has 0 atom stereocenters. The molecule has 0 fully saturated rings. The van der Waals surface area contributed by atoms with Crippen LogP contribution < -0.4 is 4.74 Å². The first-order valence-corrected chi connectivity index (χ1v) is 8.70. The molecule has 2 aromatic heterocycles. The van der Waals surface area contributed by atoms with Crippen molar-refractivity contribution in [2.75, 3.05) is 6.61 Å². The average molecular weight is 390 g/mol. The highest BCUT2D eigenvalue weighted by atomic mass is 19.1. The maximum absolute atomic E-state index is 13.8. The van der Waals surface area contributed by atoms with Gasteiger partial charge in [-0.05, 0) is 44.0 Å². The number of hydrogen-bond donors (Lipinski definition) is 1. The van der Waals surface area contributed by atoms with Gasteiger partial charge in [0, 0.05) is 19.2 Å². The molecule has 3 aromatic rings. The van der Waals surface area contributed by atoms with Crippen LogP contribution in [0.3, 0.4) is 0 Å². The number of nitrogens with zero attached hydrogens (tertiary/aromatic N) is 2. The van der Waals surface area contributed by atoms with Gasteiger partial charge in [0.05, 0.1) is 11.3 Å². The van der Waals surface area contributed by atoms with Gasteiger partial charge >= 0.3 is 0 Å². The number of rotatable bonds is 8. The molecule has 1 N–H and O–H groups in total. The molecule has 0 aliphatic heterocycles. The molecular weight excluding hydrogens is 366 g/mol. The number of halogens is 2. The summed E-state index contributed by atoms with van der Waals surface area (Å²) in [5.74, 6) is -1.11. The van der Waals surface area contributed by atoms with E-state index in [0.717, 1.165) is 0 Å². The Hall–Kier alpha value is -2.80. The first-order valence-electron chi connectivity index (χ1n) is 8.70. The number of fused-ring (bicyclic) bond motifs is 1. The van der Waals surface area contributed by atoms with E-state index in [-0.39, 0.29) is 32.0 Å². The molecule has 0 unspecified atom stereocenters. The van der Waals surface area contributed by atoms with Gasteiger partial charge in [0.15, 0.2) is 17.2 Å². The molecule has 7 heteroatoms. The molecular formula is C21H24F2N2O3. The average Bonchev–Trinajstić information content (AvgIpc) is 2.98. The van der Waals surface area contributed by atoms with E-state index in [1.165, 1.54) is 18.2 Å². The Kier molecular flexibility index (Phi) is 7.23. The lowest BCUT2D eigenvalue weighted by Gasteiger charge is -2.09. The monoisotopic (exact) mass is 390 g/mol. The third-order valence-corrected chi connectivity index (χ3v) is 4.30. The zero-order valence-corrected chi connectivity index (χ0v) is 14.9. The van der Waals surface area contributed by atoms with Crippen LogP contribution in [-0.2, 0) is 6.61 Å². The summed E-state index contributed by atoms with van der Waals surface area (Å²) in [6, 6.07) is 6.96. The van der Waals surface area contributed by atoms with Gasteiger partial charge < -0.3 is 9.84 Å². The van der Waals surface area contributed by atoms with Crippen LogP contribution in [0.1, 0.15) is 48.4 Å². The second kappa shape index (κ2) is 9.41. The number of ketones is 1. The Morgan fingerprint density at radius 3 is 2.57 bits per heavy atom. The molecule has 1 aromatic carbocycles. The van der Waals surface area contributed by atoms with Crippen LogP contribution in [0.15, 0.2) is 36.5 Å². The fourth-order valence-electron chi connectivity index (χ4n) is 2.94. The summed E-state index contributed by atoms with van der Waals surface area (Å²) < 4.78 is 34.8. The topological polar surface area (TPSA) is 63.8 Å². The lowest BCUT2D eigenvalue weighted by molar-refractivity contribution is 0.0971. The minimum atomic E-state index is -0.679. The summed E-state index contributed by atoms with van der Waals surface area (Å²) in [6.45, 7) is 1.49. The van der Waals surface area contributed by atoms with Crippen molar-refractivity contribution in [3.63, 3.8) is 0 Å². The van der Waals surface area contributed by atoms with Crippen molar-refractivity contribution in [1.29, 1.82) is 0 Å². The number of aryl methyl sites for hydroxylation is 1. The van der Waals surface area contributed by atoms with E-state index in [0.29, 0.717) is 42.0 Å². The number of hydrogen-bond acceptors (Lipinski definition) is 4. The fraction of sp³-hybridized carbons (Fsp3) is 0.333. The van der Waals surface area contributed by atoms with Crippen molar-refractivity contribution in [2.24, 2.45) is 0 Å². The van der Waals surface area contributed by atoms with E-state index in [1.807, 2.05) is 0 Å². The molecule has 0 aliphatic carbocycles. The van der Waals surface area contributed by atoms with Gasteiger partial charge in [0.2, 0.25) is 0 Å². The number of carbonyl (C=O) groups is 1. The zero-order valence-electron chi connectivity index (χ0n) is 14.9. The number of aliphatic hydroxyl groups is 1. The van der Waals surface area contributed by atoms with Crippen molar-refractivity contribution >= 4 is 11.4 Å². The Balaban J connectivity index is 0.00000280. The smallest absolute Gasteiger partial charge is 0.181 e. The highest BCUT2D eigenvalue weighted by Crippen LogP contribution is 2.25. The van der Waals surface area contributed by atoms with Crippen molar-refractivity contribution < 1.29 is 23.4 Å². The third kappa shape index (κ3) is 4.36. The van der Waals surface area contributed by atoms with E-state index >= 15 is 0 Å². The molecule has 0 spiro atoms. The number of unbranched alkanes of at least 4 members (excludes halogenated alkanes) is 1. The molecule has 0 saturated carbocycles. The van der Waals surface area contributed by atoms with Gasteiger partial charge in [-0.1, -0.05) is 13.5 Å². The van der Waals surface area contributed by atoms with E-state index in [9.17, 15) is 13.6 Å². The summed E-state index contributed by atoms with van der Waals surface area (Å²) >= 11 is 0. The second-order valence-electron chi connectivity index (χ2n) is 6.20. The van der Waals surface area contributed by atoms with Crippen LogP contribution in [0.4, 0.5) is 8.78 Å². The first-order chi connectivity index (χ1) is 13.0. The lowest BCUT2D eigenvalue weighted by atomic mass is 10.1. The van der Waals surface area contributed by atoms with Crippen LogP contribution >= 0.6 is 0 Å². The van der Waals surface area contributed by atoms with Crippen LogP contribution in [-0.4, -0.2) is 26.9 Å². The fourth-order valence-corrected chi connectivity index (χ4v) is 2.94. The van der Waals surface area contributed by atoms with Gasteiger partial charge in [0.1, 0.15) is 23.9 Å². The molecule has 5 nitrogen and oxygen atoms in total. The van der Waals surface area contributed by atoms with Gasteiger partial charge in [-0.2, -0.15) is 0 Å². The number of aromatic nitrogens is 2. The number of benzene rings is 1. The first kappa shape index (κ1) is 21.5. The number of carbonyl (C=O) groups excluding carboxylic acids is 1. The van der Waals surface area contributed by atoms with Crippen LogP contribution in [0.5, 0.6) is 5.75 Å². The predicted octanol–water partition coefficient (Wildman–Crippen LogP) is 4.48. The summed E-state index contributed by atoms with van der Waals surface area (Å²) in [4.78, 5) is 16.9. The van der Waals surface area contributed by atoms with Crippen molar-refractivity contribution in [3.8, 4) is 5.75 Å². The van der Waals surface area contributed by atoms with E-state index in [4.69, 9.17) is 9.84 Å². The summed E-state index contributed by atoms with van der Waals surface area (Å²) in [5.41, 5.74) is 1.25. The molecule has 0 saturated heterocycles. The molecule has 2 heterocycles. The SMILES string of the molecule is C.Cc1nc2c(OCc3c(F)cccc3F)cccn2c1C(=O)CCCCO. The highest BCUT2D eigenvalue weighted by molar-refractivity contribution is 5.96. The van der Waals surface area contributed by atoms with Crippen LogP contribution in [0.25, 0.3) is 5.65 Å². The summed E-state index contributed by atoms with van der Waals surface area (Å²) in [6.07, 6.45) is 3.15. The maximum atomic E-state index is 13.8. The van der Waals surface area contributed by atoms with Gasteiger partial charge in [-0.25, -0.2) is 13.8 Å². The molecule has 150 valence electrons. The van der Waals surface area contributed by atoms with Gasteiger partial charge in [-0.3, -0.25) is 9.20 Å². The summed E-state index contributed by atoms with van der Waals surface area (Å²) in [7, 11) is 0. The molecule has 0 radical (unpaired) electrons. The minimum Gasteiger partial charge on any atom is -0.485 e. The minimum absolute atomic E-state index is 0. The van der Waals surface area contributed by atoms with Gasteiger partial charge in [-0.15, -0.1) is 0 Å². The maximum Gasteiger partial charge on any atom is 0.181 e. The Labute approximate surface area is 162 Å². The molecule has 3 rings (SSSR count). The lowest BCUT2D eigenvalue weighted by Crippen LogP contribution is -2.06. The quantitative estimate of drug-likeness (QED) is 0.455. The van der Waals surface area contributed by atoms with Crippen LogP contribution in [0.2, 0.25) is 0 Å². The number of pyridine rings is 1. The molecule has 0 aliphatic rings. The van der Waals surface area contributed by atoms with Crippen LogP contribution in [0, 0.1) is 18.6 Å². The summed E-state index contributed by atoms with van der Waals surface area (Å²) in [5, 5.41) is 8.87. The third-order valence-electron chi connectivity index (χ3n) is 4.30.